The van der Waals surface area contributed by atoms with Gasteiger partial charge in [0.1, 0.15) is 0 Å². The van der Waals surface area contributed by atoms with Crippen molar-refractivity contribution in [3.63, 3.8) is 0 Å². The fraction of sp³-hybridized carbons (Fsp3) is 1.00. The van der Waals surface area contributed by atoms with Crippen molar-refractivity contribution in [2.45, 2.75) is 46.0 Å². The minimum atomic E-state index is 1.36. The van der Waals surface area contributed by atoms with Gasteiger partial charge in [0.15, 0.2) is 0 Å². The second kappa shape index (κ2) is 15.7. The Hall–Kier alpha value is -0.0800. The lowest BCUT2D eigenvalue weighted by Gasteiger charge is -1.90. The van der Waals surface area contributed by atoms with E-state index in [1.807, 2.05) is 0 Å². The highest BCUT2D eigenvalue weighted by Crippen LogP contribution is 2.00. The summed E-state index contributed by atoms with van der Waals surface area (Å²) in [6.07, 6.45) is 7.01. The summed E-state index contributed by atoms with van der Waals surface area (Å²) in [6, 6.07) is 0. The highest BCUT2D eigenvalue weighted by molar-refractivity contribution is 4.35. The second-order valence-corrected chi connectivity index (χ2v) is 2.06. The lowest BCUT2D eigenvalue weighted by molar-refractivity contribution is 0.656. The Morgan fingerprint density at radius 2 is 1.11 bits per heavy atom. The molecule has 0 aliphatic carbocycles. The summed E-state index contributed by atoms with van der Waals surface area (Å²) >= 11 is 0. The maximum Gasteiger partial charge on any atom is -0.0533 e. The standard InChI is InChI=1S/C7H16.H4N2/c1-3-5-7-6-4-2;1-2/h3-7H2,1-2H3;1-2H2. The van der Waals surface area contributed by atoms with E-state index >= 15 is 0 Å². The fourth-order valence-electron chi connectivity index (χ4n) is 0.677. The van der Waals surface area contributed by atoms with E-state index < -0.39 is 0 Å². The molecular formula is C7H20N2. The Balaban J connectivity index is 0. The first kappa shape index (κ1) is 11.7. The average Bonchev–Trinajstić information content (AvgIpc) is 1.94. The molecule has 0 radical (unpaired) electrons. The summed E-state index contributed by atoms with van der Waals surface area (Å²) < 4.78 is 0. The first-order chi connectivity index (χ1) is 4.41. The molecule has 2 nitrogen and oxygen atoms in total. The molecular weight excluding hydrogens is 112 g/mol. The average molecular weight is 132 g/mol. The van der Waals surface area contributed by atoms with Crippen LogP contribution in [-0.4, -0.2) is 0 Å². The predicted molar refractivity (Wildman–Crippen MR) is 42.8 cm³/mol. The van der Waals surface area contributed by atoms with Crippen molar-refractivity contribution in [2.75, 3.05) is 0 Å². The zero-order valence-electron chi connectivity index (χ0n) is 6.69. The number of hydrogen-bond donors (Lipinski definition) is 2. The van der Waals surface area contributed by atoms with Crippen LogP contribution in [0.2, 0.25) is 0 Å². The lowest BCUT2D eigenvalue weighted by atomic mass is 10.2. The van der Waals surface area contributed by atoms with Gasteiger partial charge in [0.25, 0.3) is 0 Å². The Morgan fingerprint density at radius 1 is 0.778 bits per heavy atom. The van der Waals surface area contributed by atoms with Crippen molar-refractivity contribution in [1.29, 1.82) is 0 Å². The molecule has 0 heterocycles. The molecule has 58 valence electrons. The maximum atomic E-state index is 4.00. The minimum Gasteiger partial charge on any atom is -0.274 e. The second-order valence-electron chi connectivity index (χ2n) is 2.06. The van der Waals surface area contributed by atoms with Crippen molar-refractivity contribution in [3.8, 4) is 0 Å². The van der Waals surface area contributed by atoms with Crippen LogP contribution < -0.4 is 11.7 Å². The Kier molecular flexibility index (Phi) is 20.3. The van der Waals surface area contributed by atoms with E-state index in [1.54, 1.807) is 0 Å². The fourth-order valence-corrected chi connectivity index (χ4v) is 0.677. The van der Waals surface area contributed by atoms with E-state index in [4.69, 9.17) is 0 Å². The van der Waals surface area contributed by atoms with Gasteiger partial charge in [-0.1, -0.05) is 46.0 Å². The van der Waals surface area contributed by atoms with Gasteiger partial charge in [0.05, 0.1) is 0 Å². The molecule has 0 aromatic rings. The molecule has 0 saturated carbocycles. The van der Waals surface area contributed by atoms with Gasteiger partial charge >= 0.3 is 0 Å². The summed E-state index contributed by atoms with van der Waals surface area (Å²) in [5, 5.41) is 0. The first-order valence-electron chi connectivity index (χ1n) is 3.75. The highest BCUT2D eigenvalue weighted by Gasteiger charge is 1.80. The zero-order valence-corrected chi connectivity index (χ0v) is 6.69. The monoisotopic (exact) mass is 132 g/mol. The SMILES string of the molecule is CCCCCCC.NN. The molecule has 4 N–H and O–H groups in total. The van der Waals surface area contributed by atoms with Gasteiger partial charge in [-0.2, -0.15) is 0 Å². The minimum absolute atomic E-state index is 1.36. The van der Waals surface area contributed by atoms with Crippen LogP contribution >= 0.6 is 0 Å². The van der Waals surface area contributed by atoms with Crippen LogP contribution in [0.1, 0.15) is 46.0 Å². The van der Waals surface area contributed by atoms with Crippen LogP contribution in [0, 0.1) is 0 Å². The lowest BCUT2D eigenvalue weighted by Crippen LogP contribution is -2.02. The largest absolute Gasteiger partial charge is 0.274 e. The van der Waals surface area contributed by atoms with Crippen LogP contribution in [0.25, 0.3) is 0 Å². The molecule has 0 spiro atoms. The highest BCUT2D eigenvalue weighted by atomic mass is 15.0. The van der Waals surface area contributed by atoms with Crippen molar-refractivity contribution in [1.82, 2.24) is 0 Å². The summed E-state index contributed by atoms with van der Waals surface area (Å²) in [5.74, 6) is 8.00. The molecule has 0 aromatic carbocycles. The van der Waals surface area contributed by atoms with Crippen molar-refractivity contribution < 1.29 is 0 Å². The van der Waals surface area contributed by atoms with Gasteiger partial charge < -0.3 is 0 Å². The molecule has 0 atom stereocenters. The summed E-state index contributed by atoms with van der Waals surface area (Å²) in [5.41, 5.74) is 0. The number of rotatable bonds is 4. The number of unbranched alkanes of at least 4 members (excludes halogenated alkanes) is 4. The summed E-state index contributed by atoms with van der Waals surface area (Å²) in [4.78, 5) is 0. The van der Waals surface area contributed by atoms with Gasteiger partial charge in [-0.3, -0.25) is 11.7 Å². The van der Waals surface area contributed by atoms with Crippen LogP contribution in [0.5, 0.6) is 0 Å². The maximum absolute atomic E-state index is 4.00. The zero-order chi connectivity index (χ0) is 7.54. The smallest absolute Gasteiger partial charge is 0.0533 e. The number of nitrogens with two attached hydrogens (primary N) is 2. The molecule has 0 bridgehead atoms. The van der Waals surface area contributed by atoms with Gasteiger partial charge in [0.2, 0.25) is 0 Å². The van der Waals surface area contributed by atoms with Gasteiger partial charge in [-0.15, -0.1) is 0 Å². The Bertz CT molecular complexity index is 26.1. The van der Waals surface area contributed by atoms with E-state index in [1.165, 1.54) is 32.1 Å². The molecule has 0 saturated heterocycles. The molecule has 2 heteroatoms. The van der Waals surface area contributed by atoms with E-state index in [2.05, 4.69) is 25.5 Å². The molecule has 0 fully saturated rings. The van der Waals surface area contributed by atoms with Crippen LogP contribution in [0.4, 0.5) is 0 Å². The quantitative estimate of drug-likeness (QED) is 0.348. The number of hydrogen-bond acceptors (Lipinski definition) is 2. The normalized spacial score (nSPS) is 8.00. The van der Waals surface area contributed by atoms with Crippen molar-refractivity contribution >= 4 is 0 Å². The summed E-state index contributed by atoms with van der Waals surface area (Å²) in [6.45, 7) is 4.49. The van der Waals surface area contributed by atoms with Gasteiger partial charge in [0, 0.05) is 0 Å². The van der Waals surface area contributed by atoms with Crippen LogP contribution in [0.3, 0.4) is 0 Å². The molecule has 0 unspecified atom stereocenters. The Labute approximate surface area is 58.6 Å². The van der Waals surface area contributed by atoms with Crippen molar-refractivity contribution in [3.05, 3.63) is 0 Å². The summed E-state index contributed by atoms with van der Waals surface area (Å²) in [7, 11) is 0. The van der Waals surface area contributed by atoms with E-state index in [9.17, 15) is 0 Å². The third-order valence-electron chi connectivity index (χ3n) is 1.21. The topological polar surface area (TPSA) is 52.0 Å². The third-order valence-corrected chi connectivity index (χ3v) is 1.21. The molecule has 9 heavy (non-hydrogen) atoms. The van der Waals surface area contributed by atoms with Gasteiger partial charge in [-0.25, -0.2) is 0 Å². The van der Waals surface area contributed by atoms with E-state index in [-0.39, 0.29) is 0 Å². The molecule has 0 amide bonds. The van der Waals surface area contributed by atoms with E-state index in [0.717, 1.165) is 0 Å². The van der Waals surface area contributed by atoms with Crippen LogP contribution in [-0.2, 0) is 0 Å². The third kappa shape index (κ3) is 18.1. The first-order valence-corrected chi connectivity index (χ1v) is 3.75. The predicted octanol–water partition coefficient (Wildman–Crippen LogP) is 1.80. The molecule has 0 rings (SSSR count). The Morgan fingerprint density at radius 3 is 1.33 bits per heavy atom. The van der Waals surface area contributed by atoms with E-state index in [0.29, 0.717) is 0 Å². The molecule has 0 aliphatic rings. The van der Waals surface area contributed by atoms with Crippen LogP contribution in [0.15, 0.2) is 0 Å². The molecule has 0 aliphatic heterocycles. The van der Waals surface area contributed by atoms with Gasteiger partial charge in [-0.05, 0) is 0 Å². The van der Waals surface area contributed by atoms with Crippen molar-refractivity contribution in [2.24, 2.45) is 11.7 Å². The molecule has 0 aromatic heterocycles. The number of hydrazine groups is 1.